The molecule has 0 bridgehead atoms. The second-order valence-electron chi connectivity index (χ2n) is 7.41. The van der Waals surface area contributed by atoms with Gasteiger partial charge in [-0.05, 0) is 47.7 Å². The molecule has 3 rings (SSSR count). The van der Waals surface area contributed by atoms with Gasteiger partial charge >= 0.3 is 0 Å². The molecule has 0 unspecified atom stereocenters. The lowest BCUT2D eigenvalue weighted by molar-refractivity contribution is 0.466. The standard InChI is InChI=1S/C15H24O.C12H10O/c1-2-3-4-5-6-7-8-11-14-12-9-10-13-15(14)16;13-12-8-6-11(7-9-12)10-4-2-1-3-5-10/h9-10,12-13,16H,2-8,11H2,1H3;1-9,13H. The zero-order valence-corrected chi connectivity index (χ0v) is 17.6. The van der Waals surface area contributed by atoms with Gasteiger partial charge in [0.1, 0.15) is 11.5 Å². The van der Waals surface area contributed by atoms with Crippen LogP contribution in [0.25, 0.3) is 11.1 Å². The minimum atomic E-state index is 0.305. The topological polar surface area (TPSA) is 40.5 Å². The van der Waals surface area contributed by atoms with Crippen molar-refractivity contribution in [3.63, 3.8) is 0 Å². The zero-order valence-electron chi connectivity index (χ0n) is 17.6. The van der Waals surface area contributed by atoms with Crippen molar-refractivity contribution in [1.29, 1.82) is 0 Å². The number of rotatable bonds is 9. The van der Waals surface area contributed by atoms with Crippen molar-refractivity contribution in [1.82, 2.24) is 0 Å². The summed E-state index contributed by atoms with van der Waals surface area (Å²) in [6.07, 6.45) is 10.3. The Bertz CT molecular complexity index is 794. The van der Waals surface area contributed by atoms with Crippen LogP contribution in [0.1, 0.15) is 57.4 Å². The Morgan fingerprint density at radius 3 is 1.76 bits per heavy atom. The van der Waals surface area contributed by atoms with E-state index in [1.54, 1.807) is 18.2 Å². The normalized spacial score (nSPS) is 10.2. The van der Waals surface area contributed by atoms with Crippen LogP contribution < -0.4 is 0 Å². The largest absolute Gasteiger partial charge is 0.508 e. The quantitative estimate of drug-likeness (QED) is 0.367. The van der Waals surface area contributed by atoms with E-state index >= 15 is 0 Å². The van der Waals surface area contributed by atoms with Gasteiger partial charge in [-0.15, -0.1) is 0 Å². The fourth-order valence-corrected chi connectivity index (χ4v) is 3.28. The molecule has 0 saturated heterocycles. The lowest BCUT2D eigenvalue weighted by atomic mass is 10.0. The summed E-state index contributed by atoms with van der Waals surface area (Å²) in [5.41, 5.74) is 3.39. The van der Waals surface area contributed by atoms with Crippen LogP contribution in [0, 0.1) is 0 Å². The number of para-hydroxylation sites is 1. The van der Waals surface area contributed by atoms with E-state index in [1.807, 2.05) is 60.7 Å². The summed E-state index contributed by atoms with van der Waals surface area (Å²) in [7, 11) is 0. The average Bonchev–Trinajstić information content (AvgIpc) is 2.76. The van der Waals surface area contributed by atoms with Crippen molar-refractivity contribution < 1.29 is 10.2 Å². The molecule has 0 aliphatic heterocycles. The van der Waals surface area contributed by atoms with Crippen molar-refractivity contribution in [2.45, 2.75) is 58.3 Å². The number of phenolic OH excluding ortho intramolecular Hbond substituents is 2. The second-order valence-corrected chi connectivity index (χ2v) is 7.41. The Labute approximate surface area is 175 Å². The van der Waals surface area contributed by atoms with E-state index in [0.717, 1.165) is 17.5 Å². The highest BCUT2D eigenvalue weighted by molar-refractivity contribution is 5.63. The Morgan fingerprint density at radius 2 is 1.10 bits per heavy atom. The molecular formula is C27H34O2. The minimum Gasteiger partial charge on any atom is -0.508 e. The van der Waals surface area contributed by atoms with Crippen molar-refractivity contribution >= 4 is 0 Å². The lowest BCUT2D eigenvalue weighted by Gasteiger charge is -2.04. The van der Waals surface area contributed by atoms with E-state index in [0.29, 0.717) is 11.5 Å². The molecule has 3 aromatic carbocycles. The second kappa shape index (κ2) is 13.4. The molecule has 3 aromatic rings. The Hall–Kier alpha value is -2.74. The fourth-order valence-electron chi connectivity index (χ4n) is 3.28. The molecule has 2 N–H and O–H groups in total. The summed E-state index contributed by atoms with van der Waals surface area (Å²) in [5, 5.41) is 18.7. The maximum absolute atomic E-state index is 9.58. The molecule has 0 aliphatic carbocycles. The SMILES string of the molecule is CCCCCCCCCc1ccccc1O.Oc1ccc(-c2ccccc2)cc1. The Morgan fingerprint density at radius 1 is 0.552 bits per heavy atom. The van der Waals surface area contributed by atoms with Crippen LogP contribution in [0.5, 0.6) is 11.5 Å². The van der Waals surface area contributed by atoms with Gasteiger partial charge in [0.25, 0.3) is 0 Å². The number of hydrogen-bond acceptors (Lipinski definition) is 2. The number of benzene rings is 3. The van der Waals surface area contributed by atoms with E-state index in [2.05, 4.69) is 6.92 Å². The van der Waals surface area contributed by atoms with Crippen LogP contribution in [-0.4, -0.2) is 10.2 Å². The van der Waals surface area contributed by atoms with Crippen LogP contribution >= 0.6 is 0 Å². The lowest BCUT2D eigenvalue weighted by Crippen LogP contribution is -1.87. The first-order valence-corrected chi connectivity index (χ1v) is 10.8. The predicted octanol–water partition coefficient (Wildman–Crippen LogP) is 7.74. The third-order valence-electron chi connectivity index (χ3n) is 5.02. The first-order valence-electron chi connectivity index (χ1n) is 10.8. The molecule has 0 spiro atoms. The summed E-state index contributed by atoms with van der Waals surface area (Å²) in [5.74, 6) is 0.758. The highest BCUT2D eigenvalue weighted by Crippen LogP contribution is 2.21. The maximum atomic E-state index is 9.58. The molecule has 0 atom stereocenters. The van der Waals surface area contributed by atoms with Gasteiger partial charge in [-0.1, -0.05) is 106 Å². The average molecular weight is 391 g/mol. The van der Waals surface area contributed by atoms with Gasteiger partial charge < -0.3 is 10.2 Å². The van der Waals surface area contributed by atoms with E-state index in [1.165, 1.54) is 50.5 Å². The molecule has 0 aromatic heterocycles. The predicted molar refractivity (Wildman–Crippen MR) is 123 cm³/mol. The fraction of sp³-hybridized carbons (Fsp3) is 0.333. The summed E-state index contributed by atoms with van der Waals surface area (Å²) in [6, 6.07) is 25.0. The smallest absolute Gasteiger partial charge is 0.118 e. The molecule has 2 heteroatoms. The van der Waals surface area contributed by atoms with Gasteiger partial charge in [-0.25, -0.2) is 0 Å². The van der Waals surface area contributed by atoms with Crippen LogP contribution in [-0.2, 0) is 6.42 Å². The summed E-state index contributed by atoms with van der Waals surface area (Å²) in [4.78, 5) is 0. The minimum absolute atomic E-state index is 0.305. The summed E-state index contributed by atoms with van der Waals surface area (Å²) in [6.45, 7) is 2.25. The van der Waals surface area contributed by atoms with Crippen LogP contribution in [0.15, 0.2) is 78.9 Å². The third kappa shape index (κ3) is 8.87. The number of aryl methyl sites for hydroxylation is 1. The number of unbranched alkanes of at least 4 members (excludes halogenated alkanes) is 6. The first-order chi connectivity index (χ1) is 14.2. The van der Waals surface area contributed by atoms with E-state index in [4.69, 9.17) is 5.11 Å². The summed E-state index contributed by atoms with van der Waals surface area (Å²) >= 11 is 0. The molecule has 0 fully saturated rings. The molecule has 2 nitrogen and oxygen atoms in total. The number of phenols is 2. The molecule has 29 heavy (non-hydrogen) atoms. The van der Waals surface area contributed by atoms with Gasteiger partial charge in [0, 0.05) is 0 Å². The first kappa shape index (κ1) is 22.5. The third-order valence-corrected chi connectivity index (χ3v) is 5.02. The maximum Gasteiger partial charge on any atom is 0.118 e. The molecule has 0 saturated carbocycles. The van der Waals surface area contributed by atoms with Crippen LogP contribution in [0.4, 0.5) is 0 Å². The number of hydrogen-bond donors (Lipinski definition) is 2. The number of aromatic hydroxyl groups is 2. The van der Waals surface area contributed by atoms with Crippen molar-refractivity contribution in [2.75, 3.05) is 0 Å². The highest BCUT2D eigenvalue weighted by atomic mass is 16.3. The van der Waals surface area contributed by atoms with E-state index < -0.39 is 0 Å². The zero-order chi connectivity index (χ0) is 20.7. The monoisotopic (exact) mass is 390 g/mol. The molecule has 154 valence electrons. The Kier molecular flexibility index (Phi) is 10.4. The molecule has 0 radical (unpaired) electrons. The highest BCUT2D eigenvalue weighted by Gasteiger charge is 1.99. The molecule has 0 aliphatic rings. The van der Waals surface area contributed by atoms with E-state index in [9.17, 15) is 5.11 Å². The van der Waals surface area contributed by atoms with E-state index in [-0.39, 0.29) is 0 Å². The van der Waals surface area contributed by atoms with Crippen molar-refractivity contribution in [3.05, 3.63) is 84.4 Å². The molecule has 0 amide bonds. The van der Waals surface area contributed by atoms with Crippen molar-refractivity contribution in [3.8, 4) is 22.6 Å². The van der Waals surface area contributed by atoms with Gasteiger partial charge in [0.2, 0.25) is 0 Å². The van der Waals surface area contributed by atoms with Gasteiger partial charge in [0.15, 0.2) is 0 Å². The summed E-state index contributed by atoms with van der Waals surface area (Å²) < 4.78 is 0. The molecular weight excluding hydrogens is 356 g/mol. The van der Waals surface area contributed by atoms with Gasteiger partial charge in [-0.2, -0.15) is 0 Å². The van der Waals surface area contributed by atoms with Crippen LogP contribution in [0.3, 0.4) is 0 Å². The Balaban J connectivity index is 0.000000211. The van der Waals surface area contributed by atoms with Crippen molar-refractivity contribution in [2.24, 2.45) is 0 Å². The van der Waals surface area contributed by atoms with Crippen LogP contribution in [0.2, 0.25) is 0 Å². The van der Waals surface area contributed by atoms with Gasteiger partial charge in [0.05, 0.1) is 0 Å². The molecule has 0 heterocycles. The van der Waals surface area contributed by atoms with Gasteiger partial charge in [-0.3, -0.25) is 0 Å².